The number of hydrogen-bond acceptors (Lipinski definition) is 3. The fourth-order valence-electron chi connectivity index (χ4n) is 2.01. The van der Waals surface area contributed by atoms with Crippen molar-refractivity contribution in [2.75, 3.05) is 4.72 Å². The lowest BCUT2D eigenvalue weighted by Crippen LogP contribution is -2.13. The average molecular weight is 325 g/mol. The van der Waals surface area contributed by atoms with Crippen molar-refractivity contribution in [1.82, 2.24) is 9.97 Å². The fraction of sp³-hybridized carbons (Fsp3) is 0. The Morgan fingerprint density at radius 1 is 0.909 bits per heavy atom. The first-order chi connectivity index (χ1) is 10.3. The first kappa shape index (κ1) is 14.3. The predicted octanol–water partition coefficient (Wildman–Crippen LogP) is 1.94. The maximum atomic E-state index is 13.1. The van der Waals surface area contributed by atoms with Crippen LogP contribution in [-0.2, 0) is 10.0 Å². The van der Waals surface area contributed by atoms with Crippen molar-refractivity contribution in [3.63, 3.8) is 0 Å². The Hall–Kier alpha value is -2.68. The molecular weight excluding hydrogens is 316 g/mol. The van der Waals surface area contributed by atoms with Crippen molar-refractivity contribution in [1.29, 1.82) is 0 Å². The molecule has 0 radical (unpaired) electrons. The summed E-state index contributed by atoms with van der Waals surface area (Å²) in [5.41, 5.74) is 0.0453. The van der Waals surface area contributed by atoms with Gasteiger partial charge in [0.15, 0.2) is 0 Å². The Morgan fingerprint density at radius 2 is 1.55 bits per heavy atom. The smallest absolute Gasteiger partial charge is 0.306 e. The summed E-state index contributed by atoms with van der Waals surface area (Å²) in [4.78, 5) is 15.9. The summed E-state index contributed by atoms with van der Waals surface area (Å²) in [6, 6.07) is 6.27. The van der Waals surface area contributed by atoms with E-state index < -0.39 is 27.3 Å². The Bertz CT molecular complexity index is 1000. The number of sulfonamides is 1. The molecule has 0 aliphatic heterocycles. The van der Waals surface area contributed by atoms with Gasteiger partial charge >= 0.3 is 5.69 Å². The van der Waals surface area contributed by atoms with Crippen LogP contribution in [0.3, 0.4) is 0 Å². The molecule has 3 rings (SSSR count). The van der Waals surface area contributed by atoms with Gasteiger partial charge in [-0.1, -0.05) is 0 Å². The van der Waals surface area contributed by atoms with Crippen LogP contribution in [0.25, 0.3) is 11.0 Å². The minimum atomic E-state index is -4.05. The van der Waals surface area contributed by atoms with Gasteiger partial charge in [0.2, 0.25) is 0 Å². The molecule has 3 aromatic rings. The molecule has 9 heteroatoms. The molecule has 0 aliphatic rings. The van der Waals surface area contributed by atoms with E-state index in [9.17, 15) is 22.0 Å². The largest absolute Gasteiger partial charge is 0.323 e. The first-order valence-electron chi connectivity index (χ1n) is 6.04. The molecule has 2 aromatic carbocycles. The van der Waals surface area contributed by atoms with Gasteiger partial charge in [-0.15, -0.1) is 0 Å². The third-order valence-electron chi connectivity index (χ3n) is 2.91. The van der Waals surface area contributed by atoms with Crippen LogP contribution in [0.2, 0.25) is 0 Å². The number of H-pyrrole nitrogens is 2. The SMILES string of the molecule is O=c1[nH]c2ccc(S(=O)(=O)Nc3cc(F)cc(F)c3)cc2[nH]1. The van der Waals surface area contributed by atoms with Gasteiger partial charge in [-0.05, 0) is 30.3 Å². The molecule has 0 atom stereocenters. The maximum Gasteiger partial charge on any atom is 0.323 e. The van der Waals surface area contributed by atoms with Gasteiger partial charge in [0.1, 0.15) is 11.6 Å². The summed E-state index contributed by atoms with van der Waals surface area (Å²) in [6.07, 6.45) is 0. The number of fused-ring (bicyclic) bond motifs is 1. The molecule has 0 saturated heterocycles. The number of benzene rings is 2. The van der Waals surface area contributed by atoms with E-state index in [-0.39, 0.29) is 10.6 Å². The van der Waals surface area contributed by atoms with Crippen LogP contribution >= 0.6 is 0 Å². The highest BCUT2D eigenvalue weighted by Gasteiger charge is 2.16. The van der Waals surface area contributed by atoms with Crippen LogP contribution in [0.5, 0.6) is 0 Å². The second kappa shape index (κ2) is 4.95. The minimum absolute atomic E-state index is 0.153. The maximum absolute atomic E-state index is 13.1. The molecule has 1 heterocycles. The van der Waals surface area contributed by atoms with Gasteiger partial charge in [0.05, 0.1) is 21.6 Å². The number of rotatable bonds is 3. The highest BCUT2D eigenvalue weighted by atomic mass is 32.2. The second-order valence-electron chi connectivity index (χ2n) is 4.55. The monoisotopic (exact) mass is 325 g/mol. The third kappa shape index (κ3) is 2.70. The highest BCUT2D eigenvalue weighted by molar-refractivity contribution is 7.92. The molecular formula is C13H9F2N3O3S. The van der Waals surface area contributed by atoms with E-state index in [1.54, 1.807) is 0 Å². The van der Waals surface area contributed by atoms with E-state index in [1.807, 2.05) is 0 Å². The molecule has 0 bridgehead atoms. The van der Waals surface area contributed by atoms with Gasteiger partial charge in [0, 0.05) is 6.07 Å². The van der Waals surface area contributed by atoms with Gasteiger partial charge in [0.25, 0.3) is 10.0 Å². The van der Waals surface area contributed by atoms with Crippen LogP contribution in [0.1, 0.15) is 0 Å². The molecule has 0 fully saturated rings. The summed E-state index contributed by atoms with van der Waals surface area (Å²) < 4.78 is 52.7. The van der Waals surface area contributed by atoms with E-state index in [4.69, 9.17) is 0 Å². The zero-order valence-corrected chi connectivity index (χ0v) is 11.7. The summed E-state index contributed by atoms with van der Waals surface area (Å²) in [6.45, 7) is 0. The van der Waals surface area contributed by atoms with E-state index in [1.165, 1.54) is 18.2 Å². The van der Waals surface area contributed by atoms with E-state index in [0.29, 0.717) is 17.1 Å². The number of nitrogens with one attached hydrogen (secondary N) is 3. The molecule has 1 aromatic heterocycles. The Labute approximate surface area is 122 Å². The fourth-order valence-corrected chi connectivity index (χ4v) is 3.07. The number of aromatic amines is 2. The molecule has 0 saturated carbocycles. The van der Waals surface area contributed by atoms with Crippen LogP contribution < -0.4 is 10.4 Å². The van der Waals surface area contributed by atoms with Crippen molar-refractivity contribution in [3.8, 4) is 0 Å². The number of hydrogen-bond donors (Lipinski definition) is 3. The molecule has 0 aliphatic carbocycles. The Kier molecular flexibility index (Phi) is 3.21. The van der Waals surface area contributed by atoms with Gasteiger partial charge in [-0.25, -0.2) is 22.0 Å². The van der Waals surface area contributed by atoms with Crippen LogP contribution in [0, 0.1) is 11.6 Å². The van der Waals surface area contributed by atoms with Gasteiger partial charge in [-0.3, -0.25) is 4.72 Å². The normalized spacial score (nSPS) is 11.7. The average Bonchev–Trinajstić information content (AvgIpc) is 2.75. The van der Waals surface area contributed by atoms with Crippen LogP contribution in [-0.4, -0.2) is 18.4 Å². The minimum Gasteiger partial charge on any atom is -0.306 e. The van der Waals surface area contributed by atoms with E-state index >= 15 is 0 Å². The number of halogens is 2. The first-order valence-corrected chi connectivity index (χ1v) is 7.53. The lowest BCUT2D eigenvalue weighted by atomic mass is 10.3. The van der Waals surface area contributed by atoms with Crippen molar-refractivity contribution >= 4 is 26.7 Å². The van der Waals surface area contributed by atoms with E-state index in [0.717, 1.165) is 12.1 Å². The summed E-state index contributed by atoms with van der Waals surface area (Å²) in [5.74, 6) is -1.80. The third-order valence-corrected chi connectivity index (χ3v) is 4.29. The standard InChI is InChI=1S/C13H9F2N3O3S/c14-7-3-8(15)5-9(4-7)18-22(20,21)10-1-2-11-12(6-10)17-13(19)16-11/h1-6,18H,(H2,16,17,19). The molecule has 0 amide bonds. The second-order valence-corrected chi connectivity index (χ2v) is 6.23. The molecule has 22 heavy (non-hydrogen) atoms. The van der Waals surface area contributed by atoms with Crippen molar-refractivity contribution in [3.05, 3.63) is 58.5 Å². The Balaban J connectivity index is 2.01. The van der Waals surface area contributed by atoms with Crippen molar-refractivity contribution in [2.45, 2.75) is 4.90 Å². The number of imidazole rings is 1. The zero-order chi connectivity index (χ0) is 15.9. The van der Waals surface area contributed by atoms with Crippen molar-refractivity contribution in [2.24, 2.45) is 0 Å². The van der Waals surface area contributed by atoms with Gasteiger partial charge in [-0.2, -0.15) is 0 Å². The molecule has 0 spiro atoms. The summed E-state index contributed by atoms with van der Waals surface area (Å²) >= 11 is 0. The lowest BCUT2D eigenvalue weighted by Gasteiger charge is -2.08. The quantitative estimate of drug-likeness (QED) is 0.687. The lowest BCUT2D eigenvalue weighted by molar-refractivity contribution is 0.584. The van der Waals surface area contributed by atoms with Gasteiger partial charge < -0.3 is 9.97 Å². The zero-order valence-electron chi connectivity index (χ0n) is 10.9. The molecule has 3 N–H and O–H groups in total. The summed E-state index contributed by atoms with van der Waals surface area (Å²) in [7, 11) is -4.05. The van der Waals surface area contributed by atoms with E-state index in [2.05, 4.69) is 14.7 Å². The number of aromatic nitrogens is 2. The van der Waals surface area contributed by atoms with Crippen molar-refractivity contribution < 1.29 is 17.2 Å². The van der Waals surface area contributed by atoms with Crippen LogP contribution in [0.4, 0.5) is 14.5 Å². The summed E-state index contributed by atoms with van der Waals surface area (Å²) in [5, 5.41) is 0. The Morgan fingerprint density at radius 3 is 2.23 bits per heavy atom. The number of anilines is 1. The van der Waals surface area contributed by atoms with Crippen LogP contribution in [0.15, 0.2) is 46.1 Å². The predicted molar refractivity (Wildman–Crippen MR) is 76.1 cm³/mol. The molecule has 114 valence electrons. The highest BCUT2D eigenvalue weighted by Crippen LogP contribution is 2.20. The topological polar surface area (TPSA) is 94.8 Å². The molecule has 6 nitrogen and oxygen atoms in total. The molecule has 0 unspecified atom stereocenters.